The average Bonchev–Trinajstić information content (AvgIpc) is 2.57. The molecule has 16 heavy (non-hydrogen) atoms. The lowest BCUT2D eigenvalue weighted by molar-refractivity contribution is -0.143. The minimum atomic E-state index is -0.736. The second kappa shape index (κ2) is 4.84. The Labute approximate surface area is 96.9 Å². The van der Waals surface area contributed by atoms with E-state index < -0.39 is 5.97 Å². The van der Waals surface area contributed by atoms with Crippen LogP contribution < -0.4 is 0 Å². The van der Waals surface area contributed by atoms with Crippen LogP contribution in [0.4, 0.5) is 0 Å². The fourth-order valence-electron chi connectivity index (χ4n) is 2.16. The lowest BCUT2D eigenvalue weighted by Gasteiger charge is -2.25. The molecule has 4 heteroatoms. The molecule has 0 aromatic heterocycles. The number of rotatable bonds is 4. The third-order valence-corrected chi connectivity index (χ3v) is 3.38. The number of carbonyl (C=O) groups is 1. The number of nitriles is 1. The molecule has 0 amide bonds. The normalized spacial score (nSPS) is 26.6. The quantitative estimate of drug-likeness (QED) is 0.789. The first kappa shape index (κ1) is 13.0. The van der Waals surface area contributed by atoms with Crippen molar-refractivity contribution in [2.45, 2.75) is 39.7 Å². The summed E-state index contributed by atoms with van der Waals surface area (Å²) in [4.78, 5) is 13.1. The second-order valence-corrected chi connectivity index (χ2v) is 5.33. The van der Waals surface area contributed by atoms with Crippen molar-refractivity contribution in [1.29, 1.82) is 5.26 Å². The minimum Gasteiger partial charge on any atom is -0.480 e. The zero-order chi connectivity index (χ0) is 12.3. The van der Waals surface area contributed by atoms with Crippen molar-refractivity contribution in [3.63, 3.8) is 0 Å². The van der Waals surface area contributed by atoms with Gasteiger partial charge in [0.15, 0.2) is 0 Å². The van der Waals surface area contributed by atoms with E-state index in [4.69, 9.17) is 10.4 Å². The first-order valence-electron chi connectivity index (χ1n) is 5.75. The maximum Gasteiger partial charge on any atom is 0.321 e. The Balaban J connectivity index is 2.55. The Morgan fingerprint density at radius 2 is 2.25 bits per heavy atom. The Morgan fingerprint density at radius 1 is 1.62 bits per heavy atom. The smallest absolute Gasteiger partial charge is 0.321 e. The highest BCUT2D eigenvalue weighted by Crippen LogP contribution is 2.27. The molecular weight excluding hydrogens is 204 g/mol. The van der Waals surface area contributed by atoms with Gasteiger partial charge in [-0.3, -0.25) is 9.69 Å². The van der Waals surface area contributed by atoms with Crippen LogP contribution in [0.3, 0.4) is 0 Å². The van der Waals surface area contributed by atoms with E-state index in [1.165, 1.54) is 0 Å². The van der Waals surface area contributed by atoms with Crippen molar-refractivity contribution >= 4 is 5.97 Å². The van der Waals surface area contributed by atoms with E-state index in [1.54, 1.807) is 0 Å². The van der Waals surface area contributed by atoms with Crippen LogP contribution in [0.15, 0.2) is 0 Å². The molecule has 1 aliphatic heterocycles. The molecule has 0 radical (unpaired) electrons. The standard InChI is InChI=1S/C12H20N2O2/c1-9-4-6-14(10(9)11(15)16)7-5-12(2,3)8-13/h9-10H,4-7H2,1-3H3,(H,15,16). The molecule has 1 heterocycles. The maximum atomic E-state index is 11.1. The molecule has 0 aromatic rings. The van der Waals surface area contributed by atoms with Crippen LogP contribution in [0, 0.1) is 22.7 Å². The summed E-state index contributed by atoms with van der Waals surface area (Å²) in [5.41, 5.74) is -0.366. The largest absolute Gasteiger partial charge is 0.480 e. The van der Waals surface area contributed by atoms with Crippen LogP contribution in [-0.2, 0) is 4.79 Å². The molecular formula is C12H20N2O2. The van der Waals surface area contributed by atoms with Gasteiger partial charge in [0, 0.05) is 6.54 Å². The highest BCUT2D eigenvalue weighted by Gasteiger charge is 2.36. The van der Waals surface area contributed by atoms with E-state index in [0.717, 1.165) is 19.4 Å². The molecule has 1 fully saturated rings. The van der Waals surface area contributed by atoms with E-state index in [1.807, 2.05) is 25.7 Å². The van der Waals surface area contributed by atoms with Crippen LogP contribution in [0.2, 0.25) is 0 Å². The number of carboxylic acids is 1. The third kappa shape index (κ3) is 2.96. The SMILES string of the molecule is CC1CCN(CCC(C)(C)C#N)C1C(=O)O. The van der Waals surface area contributed by atoms with E-state index in [-0.39, 0.29) is 17.4 Å². The lowest BCUT2D eigenvalue weighted by atomic mass is 9.91. The van der Waals surface area contributed by atoms with Gasteiger partial charge >= 0.3 is 5.97 Å². The monoisotopic (exact) mass is 224 g/mol. The number of aliphatic carboxylic acids is 1. The maximum absolute atomic E-state index is 11.1. The minimum absolute atomic E-state index is 0.211. The Morgan fingerprint density at radius 3 is 2.75 bits per heavy atom. The number of likely N-dealkylation sites (tertiary alicyclic amines) is 1. The van der Waals surface area contributed by atoms with Crippen LogP contribution in [0.25, 0.3) is 0 Å². The van der Waals surface area contributed by atoms with Crippen LogP contribution >= 0.6 is 0 Å². The van der Waals surface area contributed by atoms with Crippen molar-refractivity contribution in [3.8, 4) is 6.07 Å². The van der Waals surface area contributed by atoms with Gasteiger partial charge in [-0.15, -0.1) is 0 Å². The topological polar surface area (TPSA) is 64.3 Å². The predicted molar refractivity (Wildman–Crippen MR) is 60.8 cm³/mol. The number of carboxylic acid groups (broad SMARTS) is 1. The van der Waals surface area contributed by atoms with Crippen molar-refractivity contribution in [1.82, 2.24) is 4.90 Å². The number of hydrogen-bond donors (Lipinski definition) is 1. The summed E-state index contributed by atoms with van der Waals surface area (Å²) >= 11 is 0. The second-order valence-electron chi connectivity index (χ2n) is 5.33. The molecule has 90 valence electrons. The molecule has 0 bridgehead atoms. The summed E-state index contributed by atoms with van der Waals surface area (Å²) in [7, 11) is 0. The van der Waals surface area contributed by atoms with Gasteiger partial charge in [-0.05, 0) is 39.2 Å². The highest BCUT2D eigenvalue weighted by atomic mass is 16.4. The first-order chi connectivity index (χ1) is 7.37. The van der Waals surface area contributed by atoms with Gasteiger partial charge in [-0.25, -0.2) is 0 Å². The van der Waals surface area contributed by atoms with Gasteiger partial charge in [0.1, 0.15) is 6.04 Å². The van der Waals surface area contributed by atoms with Gasteiger partial charge in [0.2, 0.25) is 0 Å². The predicted octanol–water partition coefficient (Wildman–Crippen LogP) is 1.72. The summed E-state index contributed by atoms with van der Waals surface area (Å²) in [6.45, 7) is 7.29. The molecule has 2 atom stereocenters. The van der Waals surface area contributed by atoms with Crippen molar-refractivity contribution in [2.24, 2.45) is 11.3 Å². The molecule has 1 saturated heterocycles. The molecule has 1 N–H and O–H groups in total. The summed E-state index contributed by atoms with van der Waals surface area (Å²) in [6.07, 6.45) is 1.66. The van der Waals surface area contributed by atoms with Gasteiger partial charge < -0.3 is 5.11 Å². The molecule has 1 rings (SSSR count). The van der Waals surface area contributed by atoms with Gasteiger partial charge in [0.05, 0.1) is 11.5 Å². The van der Waals surface area contributed by atoms with Crippen LogP contribution in [0.1, 0.15) is 33.6 Å². The third-order valence-electron chi connectivity index (χ3n) is 3.38. The molecule has 0 spiro atoms. The highest BCUT2D eigenvalue weighted by molar-refractivity contribution is 5.74. The molecule has 4 nitrogen and oxygen atoms in total. The Kier molecular flexibility index (Phi) is 3.93. The zero-order valence-electron chi connectivity index (χ0n) is 10.2. The van der Waals surface area contributed by atoms with E-state index >= 15 is 0 Å². The fourth-order valence-corrected chi connectivity index (χ4v) is 2.16. The molecule has 1 aliphatic rings. The number of nitrogens with zero attached hydrogens (tertiary/aromatic N) is 2. The van der Waals surface area contributed by atoms with E-state index in [9.17, 15) is 4.79 Å². The summed E-state index contributed by atoms with van der Waals surface area (Å²) in [5.74, 6) is -0.525. The van der Waals surface area contributed by atoms with Crippen molar-refractivity contribution in [3.05, 3.63) is 0 Å². The zero-order valence-corrected chi connectivity index (χ0v) is 10.2. The van der Waals surface area contributed by atoms with Gasteiger partial charge in [-0.1, -0.05) is 6.92 Å². The van der Waals surface area contributed by atoms with E-state index in [2.05, 4.69) is 6.07 Å². The van der Waals surface area contributed by atoms with Crippen LogP contribution in [0.5, 0.6) is 0 Å². The summed E-state index contributed by atoms with van der Waals surface area (Å²) in [5, 5.41) is 18.0. The fraction of sp³-hybridized carbons (Fsp3) is 0.833. The van der Waals surface area contributed by atoms with E-state index in [0.29, 0.717) is 6.54 Å². The van der Waals surface area contributed by atoms with Crippen molar-refractivity contribution in [2.75, 3.05) is 13.1 Å². The van der Waals surface area contributed by atoms with Gasteiger partial charge in [0.25, 0.3) is 0 Å². The molecule has 2 unspecified atom stereocenters. The summed E-state index contributed by atoms with van der Waals surface area (Å²) in [6, 6.07) is 1.88. The average molecular weight is 224 g/mol. The molecule has 0 aliphatic carbocycles. The molecule has 0 aromatic carbocycles. The number of hydrogen-bond acceptors (Lipinski definition) is 3. The summed E-state index contributed by atoms with van der Waals surface area (Å²) < 4.78 is 0. The van der Waals surface area contributed by atoms with Crippen molar-refractivity contribution < 1.29 is 9.90 Å². The van der Waals surface area contributed by atoms with Crippen LogP contribution in [-0.4, -0.2) is 35.1 Å². The van der Waals surface area contributed by atoms with Gasteiger partial charge in [-0.2, -0.15) is 5.26 Å². The Bertz CT molecular complexity index is 307. The Hall–Kier alpha value is -1.08. The molecule has 0 saturated carbocycles. The first-order valence-corrected chi connectivity index (χ1v) is 5.75. The lowest BCUT2D eigenvalue weighted by Crippen LogP contribution is -2.40.